The van der Waals surface area contributed by atoms with Crippen molar-refractivity contribution in [2.45, 2.75) is 31.2 Å². The minimum atomic E-state index is -4.42. The number of hydrogen-bond donors (Lipinski definition) is 2. The zero-order valence-corrected chi connectivity index (χ0v) is 13.6. The Bertz CT molecular complexity index is 709. The zero-order valence-electron chi connectivity index (χ0n) is 12.8. The van der Waals surface area contributed by atoms with Gasteiger partial charge in [-0.25, -0.2) is 4.98 Å². The first-order valence-corrected chi connectivity index (χ1v) is 8.40. The number of hydrogen-bond acceptors (Lipinski definition) is 5. The van der Waals surface area contributed by atoms with Crippen LogP contribution in [0.15, 0.2) is 29.6 Å². The lowest BCUT2D eigenvalue weighted by molar-refractivity contribution is -0.137. The number of aliphatic hydroxyl groups is 2. The van der Waals surface area contributed by atoms with Gasteiger partial charge in [0.05, 0.1) is 23.5 Å². The van der Waals surface area contributed by atoms with Crippen molar-refractivity contribution in [1.29, 1.82) is 0 Å². The molecule has 0 saturated carbocycles. The van der Waals surface area contributed by atoms with Crippen LogP contribution in [0.2, 0.25) is 0 Å². The third-order valence-corrected chi connectivity index (χ3v) is 5.24. The molecule has 1 aromatic carbocycles. The summed E-state index contributed by atoms with van der Waals surface area (Å²) in [5.74, 6) is 0. The SMILES string of the molecule is OCc1csc(N2CCC(O)(c3cccc(C(F)(F)F)c3)CC2)n1. The number of aliphatic hydroxyl groups excluding tert-OH is 1. The van der Waals surface area contributed by atoms with Crippen LogP contribution in [-0.2, 0) is 18.4 Å². The molecule has 0 spiro atoms. The zero-order chi connectivity index (χ0) is 17.4. The molecule has 0 radical (unpaired) electrons. The summed E-state index contributed by atoms with van der Waals surface area (Å²) in [7, 11) is 0. The Labute approximate surface area is 141 Å². The number of nitrogens with zero attached hydrogens (tertiary/aromatic N) is 2. The summed E-state index contributed by atoms with van der Waals surface area (Å²) >= 11 is 1.41. The predicted octanol–water partition coefficient (Wildman–Crippen LogP) is 3.14. The Hall–Kier alpha value is -1.64. The number of anilines is 1. The monoisotopic (exact) mass is 358 g/mol. The lowest BCUT2D eigenvalue weighted by atomic mass is 9.84. The Morgan fingerprint density at radius 1 is 1.25 bits per heavy atom. The molecule has 2 N–H and O–H groups in total. The van der Waals surface area contributed by atoms with Crippen LogP contribution in [0.25, 0.3) is 0 Å². The molecule has 0 amide bonds. The summed E-state index contributed by atoms with van der Waals surface area (Å²) in [4.78, 5) is 6.26. The van der Waals surface area contributed by atoms with Crippen LogP contribution < -0.4 is 4.90 Å². The van der Waals surface area contributed by atoms with E-state index < -0.39 is 17.3 Å². The maximum absolute atomic E-state index is 12.9. The van der Waals surface area contributed by atoms with Gasteiger partial charge in [-0.2, -0.15) is 13.2 Å². The third-order valence-electron chi connectivity index (χ3n) is 4.29. The van der Waals surface area contributed by atoms with Crippen molar-refractivity contribution in [3.05, 3.63) is 46.5 Å². The lowest BCUT2D eigenvalue weighted by Gasteiger charge is -2.38. The maximum Gasteiger partial charge on any atom is 0.416 e. The van der Waals surface area contributed by atoms with E-state index in [0.717, 1.165) is 17.3 Å². The number of aromatic nitrogens is 1. The summed E-state index contributed by atoms with van der Waals surface area (Å²) in [6, 6.07) is 4.91. The molecule has 130 valence electrons. The van der Waals surface area contributed by atoms with Crippen LogP contribution >= 0.6 is 11.3 Å². The number of piperidine rings is 1. The average Bonchev–Trinajstić information content (AvgIpc) is 3.04. The molecule has 0 atom stereocenters. The van der Waals surface area contributed by atoms with Gasteiger partial charge in [-0.1, -0.05) is 12.1 Å². The first kappa shape index (κ1) is 17.2. The van der Waals surface area contributed by atoms with E-state index in [2.05, 4.69) is 4.98 Å². The van der Waals surface area contributed by atoms with Gasteiger partial charge in [0.2, 0.25) is 0 Å². The van der Waals surface area contributed by atoms with E-state index in [0.29, 0.717) is 37.2 Å². The van der Waals surface area contributed by atoms with Crippen molar-refractivity contribution >= 4 is 16.5 Å². The molecular formula is C16H17F3N2O2S. The van der Waals surface area contributed by atoms with E-state index in [1.54, 1.807) is 5.38 Å². The van der Waals surface area contributed by atoms with Crippen LogP contribution in [0.4, 0.5) is 18.3 Å². The Kier molecular flexibility index (Phi) is 4.54. The Balaban J connectivity index is 1.75. The lowest BCUT2D eigenvalue weighted by Crippen LogP contribution is -2.42. The predicted molar refractivity (Wildman–Crippen MR) is 84.8 cm³/mol. The smallest absolute Gasteiger partial charge is 0.390 e. The fourth-order valence-electron chi connectivity index (χ4n) is 2.86. The molecular weight excluding hydrogens is 341 g/mol. The van der Waals surface area contributed by atoms with E-state index >= 15 is 0 Å². The quantitative estimate of drug-likeness (QED) is 0.885. The fraction of sp³-hybridized carbons (Fsp3) is 0.438. The van der Waals surface area contributed by atoms with Crippen molar-refractivity contribution in [3.8, 4) is 0 Å². The van der Waals surface area contributed by atoms with Crippen molar-refractivity contribution < 1.29 is 23.4 Å². The van der Waals surface area contributed by atoms with E-state index in [1.165, 1.54) is 23.5 Å². The number of rotatable bonds is 3. The highest BCUT2D eigenvalue weighted by Gasteiger charge is 2.37. The van der Waals surface area contributed by atoms with E-state index in [1.807, 2.05) is 4.90 Å². The number of halogens is 3. The molecule has 4 nitrogen and oxygen atoms in total. The summed E-state index contributed by atoms with van der Waals surface area (Å²) in [5.41, 5.74) is -1.13. The highest BCUT2D eigenvalue weighted by atomic mass is 32.1. The summed E-state index contributed by atoms with van der Waals surface area (Å²) in [6.45, 7) is 0.856. The van der Waals surface area contributed by atoms with Crippen molar-refractivity contribution in [2.24, 2.45) is 0 Å². The van der Waals surface area contributed by atoms with Gasteiger partial charge >= 0.3 is 6.18 Å². The van der Waals surface area contributed by atoms with Crippen LogP contribution in [0.3, 0.4) is 0 Å². The third kappa shape index (κ3) is 3.40. The average molecular weight is 358 g/mol. The van der Waals surface area contributed by atoms with Crippen LogP contribution in [0.5, 0.6) is 0 Å². The molecule has 3 rings (SSSR count). The molecule has 1 fully saturated rings. The molecule has 0 unspecified atom stereocenters. The highest BCUT2D eigenvalue weighted by Crippen LogP contribution is 2.38. The van der Waals surface area contributed by atoms with Gasteiger partial charge in [-0.3, -0.25) is 0 Å². The van der Waals surface area contributed by atoms with Gasteiger partial charge in [-0.15, -0.1) is 11.3 Å². The topological polar surface area (TPSA) is 56.6 Å². The second-order valence-electron chi connectivity index (χ2n) is 5.88. The van der Waals surface area contributed by atoms with E-state index in [4.69, 9.17) is 5.11 Å². The second-order valence-corrected chi connectivity index (χ2v) is 6.71. The Morgan fingerprint density at radius 3 is 2.54 bits per heavy atom. The van der Waals surface area contributed by atoms with Gasteiger partial charge in [0, 0.05) is 18.5 Å². The maximum atomic E-state index is 12.9. The molecule has 8 heteroatoms. The molecule has 1 aliphatic rings. The van der Waals surface area contributed by atoms with Gasteiger partial charge in [0.1, 0.15) is 0 Å². The fourth-order valence-corrected chi connectivity index (χ4v) is 3.73. The van der Waals surface area contributed by atoms with Crippen LogP contribution in [-0.4, -0.2) is 28.3 Å². The molecule has 0 bridgehead atoms. The molecule has 2 aromatic rings. The number of alkyl halides is 3. The summed E-state index contributed by atoms with van der Waals surface area (Å²) in [5, 5.41) is 22.4. The molecule has 24 heavy (non-hydrogen) atoms. The minimum Gasteiger partial charge on any atom is -0.390 e. The normalized spacial score (nSPS) is 18.0. The van der Waals surface area contributed by atoms with E-state index in [-0.39, 0.29) is 6.61 Å². The van der Waals surface area contributed by atoms with Crippen LogP contribution in [0, 0.1) is 0 Å². The van der Waals surface area contributed by atoms with Gasteiger partial charge < -0.3 is 15.1 Å². The Morgan fingerprint density at radius 2 is 1.96 bits per heavy atom. The molecule has 1 saturated heterocycles. The van der Waals surface area contributed by atoms with Gasteiger partial charge in [-0.05, 0) is 30.5 Å². The van der Waals surface area contributed by atoms with Gasteiger partial charge in [0.25, 0.3) is 0 Å². The van der Waals surface area contributed by atoms with Crippen molar-refractivity contribution in [3.63, 3.8) is 0 Å². The number of thiazole rings is 1. The summed E-state index contributed by atoms with van der Waals surface area (Å²) in [6.07, 6.45) is -3.78. The largest absolute Gasteiger partial charge is 0.416 e. The van der Waals surface area contributed by atoms with Crippen molar-refractivity contribution in [2.75, 3.05) is 18.0 Å². The first-order valence-electron chi connectivity index (χ1n) is 7.52. The second kappa shape index (κ2) is 6.34. The highest BCUT2D eigenvalue weighted by molar-refractivity contribution is 7.13. The molecule has 2 heterocycles. The number of benzene rings is 1. The van der Waals surface area contributed by atoms with Crippen molar-refractivity contribution in [1.82, 2.24) is 4.98 Å². The van der Waals surface area contributed by atoms with Crippen LogP contribution in [0.1, 0.15) is 29.7 Å². The van der Waals surface area contributed by atoms with Gasteiger partial charge in [0.15, 0.2) is 5.13 Å². The molecule has 0 aliphatic carbocycles. The molecule has 1 aliphatic heterocycles. The minimum absolute atomic E-state index is 0.126. The van der Waals surface area contributed by atoms with E-state index in [9.17, 15) is 18.3 Å². The summed E-state index contributed by atoms with van der Waals surface area (Å²) < 4.78 is 38.6. The first-order chi connectivity index (χ1) is 11.3. The standard InChI is InChI=1S/C16H17F3N2O2S/c17-16(18,19)12-3-1-2-11(8-12)15(23)4-6-21(7-5-15)14-20-13(9-22)10-24-14/h1-3,8,10,22-23H,4-7,9H2. The molecule has 1 aromatic heterocycles.